The van der Waals surface area contributed by atoms with Crippen molar-refractivity contribution in [2.45, 2.75) is 6.92 Å². The Morgan fingerprint density at radius 1 is 1.24 bits per heavy atom. The molecule has 0 radical (unpaired) electrons. The predicted molar refractivity (Wildman–Crippen MR) is 85.6 cm³/mol. The summed E-state index contributed by atoms with van der Waals surface area (Å²) in [6.45, 7) is 2.01. The summed E-state index contributed by atoms with van der Waals surface area (Å²) in [6.07, 6.45) is 1.08. The molecule has 0 aliphatic heterocycles. The van der Waals surface area contributed by atoms with Crippen molar-refractivity contribution in [1.82, 2.24) is 10.3 Å². The normalized spacial score (nSPS) is 9.76. The van der Waals surface area contributed by atoms with Crippen molar-refractivity contribution in [2.24, 2.45) is 0 Å². The number of carbonyl (C=O) groups is 1. The number of carbonyl (C=O) groups excluding carboxylic acids is 1. The van der Waals surface area contributed by atoms with Gasteiger partial charge in [-0.3, -0.25) is 10.2 Å². The molecule has 0 aliphatic rings. The number of para-hydroxylation sites is 1. The second-order valence-corrected chi connectivity index (χ2v) is 4.40. The summed E-state index contributed by atoms with van der Waals surface area (Å²) in [4.78, 5) is 17.5. The van der Waals surface area contributed by atoms with Gasteiger partial charge in [0.25, 0.3) is 0 Å². The van der Waals surface area contributed by atoms with Crippen LogP contribution >= 0.6 is 12.2 Å². The van der Waals surface area contributed by atoms with Crippen LogP contribution in [0.15, 0.2) is 54.7 Å². The lowest BCUT2D eigenvalue weighted by atomic mass is 10.3. The summed E-state index contributed by atoms with van der Waals surface area (Å²) in [5, 5.41) is 2.74. The quantitative estimate of drug-likeness (QED) is 0.882. The standard InChI is InChI=1S/C15H15N3O2S/c1-2-20-15(19)17-14(21)18(12-8-4-3-5-9-12)13-10-6-7-11-16-13/h3-11H,2H2,1H3,(H,17,19,21). The van der Waals surface area contributed by atoms with E-state index in [9.17, 15) is 4.79 Å². The van der Waals surface area contributed by atoms with Gasteiger partial charge in [0, 0.05) is 11.9 Å². The van der Waals surface area contributed by atoms with E-state index in [-0.39, 0.29) is 11.7 Å². The van der Waals surface area contributed by atoms with E-state index in [0.29, 0.717) is 5.82 Å². The number of nitrogens with one attached hydrogen (secondary N) is 1. The average molecular weight is 301 g/mol. The van der Waals surface area contributed by atoms with E-state index < -0.39 is 6.09 Å². The summed E-state index contributed by atoms with van der Waals surface area (Å²) in [6, 6.07) is 14.9. The lowest BCUT2D eigenvalue weighted by Gasteiger charge is -2.24. The molecule has 0 spiro atoms. The van der Waals surface area contributed by atoms with Crippen LogP contribution in [0, 0.1) is 0 Å². The number of ether oxygens (including phenoxy) is 1. The van der Waals surface area contributed by atoms with Crippen LogP contribution in [0.25, 0.3) is 0 Å². The van der Waals surface area contributed by atoms with E-state index in [0.717, 1.165) is 5.69 Å². The van der Waals surface area contributed by atoms with Gasteiger partial charge in [-0.25, -0.2) is 9.78 Å². The van der Waals surface area contributed by atoms with Gasteiger partial charge in [0.15, 0.2) is 5.11 Å². The van der Waals surface area contributed by atoms with Gasteiger partial charge in [0.05, 0.1) is 6.61 Å². The summed E-state index contributed by atoms with van der Waals surface area (Å²) in [5.41, 5.74) is 0.804. The molecule has 0 saturated heterocycles. The number of hydrogen-bond donors (Lipinski definition) is 1. The molecule has 0 aliphatic carbocycles. The molecule has 6 heteroatoms. The SMILES string of the molecule is CCOC(=O)NC(=S)N(c1ccccc1)c1ccccn1. The van der Waals surface area contributed by atoms with Crippen LogP contribution in [0.4, 0.5) is 16.3 Å². The number of benzene rings is 1. The molecule has 2 aromatic rings. The van der Waals surface area contributed by atoms with E-state index >= 15 is 0 Å². The molecular weight excluding hydrogens is 286 g/mol. The number of hydrogen-bond acceptors (Lipinski definition) is 4. The molecule has 1 heterocycles. The van der Waals surface area contributed by atoms with Crippen molar-refractivity contribution in [3.63, 3.8) is 0 Å². The van der Waals surface area contributed by atoms with Crippen LogP contribution in [-0.4, -0.2) is 22.8 Å². The van der Waals surface area contributed by atoms with Crippen molar-refractivity contribution in [1.29, 1.82) is 0 Å². The first-order valence-corrected chi connectivity index (χ1v) is 6.87. The molecule has 1 N–H and O–H groups in total. The number of rotatable bonds is 3. The molecule has 1 aromatic heterocycles. The molecule has 1 amide bonds. The Morgan fingerprint density at radius 3 is 2.57 bits per heavy atom. The van der Waals surface area contributed by atoms with E-state index in [1.807, 2.05) is 48.5 Å². The maximum atomic E-state index is 11.6. The smallest absolute Gasteiger partial charge is 0.413 e. The molecule has 0 atom stereocenters. The maximum absolute atomic E-state index is 11.6. The summed E-state index contributed by atoms with van der Waals surface area (Å²) in [7, 11) is 0. The number of thiocarbonyl (C=S) groups is 1. The van der Waals surface area contributed by atoms with Gasteiger partial charge in [0.1, 0.15) is 5.82 Å². The number of amides is 1. The van der Waals surface area contributed by atoms with Crippen LogP contribution in [0.2, 0.25) is 0 Å². The van der Waals surface area contributed by atoms with E-state index in [4.69, 9.17) is 17.0 Å². The highest BCUT2D eigenvalue weighted by molar-refractivity contribution is 7.80. The zero-order valence-electron chi connectivity index (χ0n) is 11.5. The molecule has 108 valence electrons. The fourth-order valence-electron chi connectivity index (χ4n) is 1.73. The minimum atomic E-state index is -0.584. The molecular formula is C15H15N3O2S. The summed E-state index contributed by atoms with van der Waals surface area (Å²) in [5.74, 6) is 0.616. The third-order valence-corrected chi connectivity index (χ3v) is 2.86. The Kier molecular flexibility index (Phi) is 5.22. The molecule has 0 fully saturated rings. The Bertz CT molecular complexity index is 565. The van der Waals surface area contributed by atoms with E-state index in [2.05, 4.69) is 10.3 Å². The van der Waals surface area contributed by atoms with Crippen LogP contribution in [0.3, 0.4) is 0 Å². The van der Waals surface area contributed by atoms with Crippen molar-refractivity contribution in [3.8, 4) is 0 Å². The number of nitrogens with zero attached hydrogens (tertiary/aromatic N) is 2. The highest BCUT2D eigenvalue weighted by Crippen LogP contribution is 2.22. The van der Waals surface area contributed by atoms with Gasteiger partial charge in [-0.1, -0.05) is 24.3 Å². The minimum absolute atomic E-state index is 0.207. The van der Waals surface area contributed by atoms with Gasteiger partial charge in [-0.2, -0.15) is 0 Å². The van der Waals surface area contributed by atoms with Crippen molar-refractivity contribution < 1.29 is 9.53 Å². The molecule has 21 heavy (non-hydrogen) atoms. The molecule has 2 rings (SSSR count). The van der Waals surface area contributed by atoms with Gasteiger partial charge < -0.3 is 4.74 Å². The number of alkyl carbamates (subject to hydrolysis) is 1. The monoisotopic (exact) mass is 301 g/mol. The molecule has 0 saturated carbocycles. The van der Waals surface area contributed by atoms with Crippen molar-refractivity contribution >= 4 is 34.9 Å². The molecule has 1 aromatic carbocycles. The maximum Gasteiger partial charge on any atom is 0.413 e. The molecule has 0 unspecified atom stereocenters. The predicted octanol–water partition coefficient (Wildman–Crippen LogP) is 3.25. The summed E-state index contributed by atoms with van der Waals surface area (Å²) < 4.78 is 4.85. The Morgan fingerprint density at radius 2 is 1.95 bits per heavy atom. The first-order valence-electron chi connectivity index (χ1n) is 6.46. The third-order valence-electron chi connectivity index (χ3n) is 2.58. The van der Waals surface area contributed by atoms with Crippen molar-refractivity contribution in [2.75, 3.05) is 11.5 Å². The van der Waals surface area contributed by atoms with Gasteiger partial charge in [-0.15, -0.1) is 0 Å². The largest absolute Gasteiger partial charge is 0.450 e. The average Bonchev–Trinajstić information content (AvgIpc) is 2.50. The summed E-state index contributed by atoms with van der Waals surface area (Å²) >= 11 is 5.30. The fourth-order valence-corrected chi connectivity index (χ4v) is 2.01. The van der Waals surface area contributed by atoms with Crippen LogP contribution in [0.5, 0.6) is 0 Å². The number of pyridine rings is 1. The topological polar surface area (TPSA) is 54.5 Å². The number of anilines is 2. The highest BCUT2D eigenvalue weighted by atomic mass is 32.1. The minimum Gasteiger partial charge on any atom is -0.450 e. The second kappa shape index (κ2) is 7.35. The fraction of sp³-hybridized carbons (Fsp3) is 0.133. The lowest BCUT2D eigenvalue weighted by Crippen LogP contribution is -2.40. The molecule has 0 bridgehead atoms. The van der Waals surface area contributed by atoms with Gasteiger partial charge >= 0.3 is 6.09 Å². The Hall–Kier alpha value is -2.47. The highest BCUT2D eigenvalue weighted by Gasteiger charge is 2.17. The first-order chi connectivity index (χ1) is 10.2. The number of aromatic nitrogens is 1. The Balaban J connectivity index is 2.29. The molecule has 5 nitrogen and oxygen atoms in total. The van der Waals surface area contributed by atoms with Crippen LogP contribution in [0.1, 0.15) is 6.92 Å². The van der Waals surface area contributed by atoms with Gasteiger partial charge in [-0.05, 0) is 43.4 Å². The van der Waals surface area contributed by atoms with E-state index in [1.165, 1.54) is 0 Å². The first kappa shape index (κ1) is 14.9. The zero-order valence-corrected chi connectivity index (χ0v) is 12.3. The van der Waals surface area contributed by atoms with Crippen LogP contribution in [-0.2, 0) is 4.74 Å². The third kappa shape index (κ3) is 4.00. The lowest BCUT2D eigenvalue weighted by molar-refractivity contribution is 0.158. The zero-order chi connectivity index (χ0) is 15.1. The van der Waals surface area contributed by atoms with Crippen LogP contribution < -0.4 is 10.2 Å². The van der Waals surface area contributed by atoms with Crippen molar-refractivity contribution in [3.05, 3.63) is 54.7 Å². The Labute approximate surface area is 128 Å². The second-order valence-electron chi connectivity index (χ2n) is 4.01. The van der Waals surface area contributed by atoms with Gasteiger partial charge in [0.2, 0.25) is 0 Å². The van der Waals surface area contributed by atoms with E-state index in [1.54, 1.807) is 18.0 Å².